The topological polar surface area (TPSA) is 172 Å². The van der Waals surface area contributed by atoms with Gasteiger partial charge in [-0.3, -0.25) is 14.4 Å². The SMILES string of the molecule is CC[C@@]1(O)C(=O)OCc2c1cc1n(c2=O)Cc2c-1nc1cc3c(cc1c2C12CC(NC(=O)[C@H](C)CC(=O)[C@@H](N)C(C)C)(C1)C2)OCO3. The summed E-state index contributed by atoms with van der Waals surface area (Å²) in [5.74, 6) is -0.307. The Bertz CT molecular complexity index is 1980. The van der Waals surface area contributed by atoms with Gasteiger partial charge in [-0.1, -0.05) is 27.7 Å². The van der Waals surface area contributed by atoms with E-state index in [9.17, 15) is 24.3 Å². The summed E-state index contributed by atoms with van der Waals surface area (Å²) in [6.45, 7) is 7.42. The third kappa shape index (κ3) is 4.10. The Morgan fingerprint density at radius 1 is 1.06 bits per heavy atom. The van der Waals surface area contributed by atoms with Crippen LogP contribution in [0.1, 0.15) is 82.1 Å². The first-order chi connectivity index (χ1) is 22.3. The number of carbonyl (C=O) groups is 3. The van der Waals surface area contributed by atoms with E-state index in [1.165, 1.54) is 0 Å². The molecule has 3 aliphatic carbocycles. The van der Waals surface area contributed by atoms with Crippen molar-refractivity contribution in [2.75, 3.05) is 6.79 Å². The number of hydrogen-bond donors (Lipinski definition) is 3. The highest BCUT2D eigenvalue weighted by Crippen LogP contribution is 2.70. The number of pyridine rings is 2. The molecule has 3 saturated carbocycles. The zero-order valence-corrected chi connectivity index (χ0v) is 26.9. The quantitative estimate of drug-likeness (QED) is 0.243. The number of aliphatic hydroxyl groups is 1. The first-order valence-electron chi connectivity index (χ1n) is 16.3. The number of nitrogens with zero attached hydrogens (tertiary/aromatic N) is 2. The third-order valence-corrected chi connectivity index (χ3v) is 11.2. The Morgan fingerprint density at radius 2 is 1.77 bits per heavy atom. The summed E-state index contributed by atoms with van der Waals surface area (Å²) in [5, 5.41) is 15.5. The lowest BCUT2D eigenvalue weighted by atomic mass is 9.36. The van der Waals surface area contributed by atoms with E-state index in [0.717, 1.165) is 16.5 Å². The van der Waals surface area contributed by atoms with Crippen LogP contribution < -0.4 is 26.1 Å². The lowest BCUT2D eigenvalue weighted by Crippen LogP contribution is -2.77. The molecule has 6 aliphatic rings. The second kappa shape index (κ2) is 9.86. The van der Waals surface area contributed by atoms with Gasteiger partial charge < -0.3 is 34.9 Å². The Morgan fingerprint density at radius 3 is 2.45 bits per heavy atom. The number of nitrogens with two attached hydrogens (primary N) is 1. The number of fused-ring (bicyclic) bond motifs is 6. The molecule has 9 rings (SSSR count). The van der Waals surface area contributed by atoms with Crippen LogP contribution in [0.25, 0.3) is 22.3 Å². The number of amides is 1. The van der Waals surface area contributed by atoms with Gasteiger partial charge >= 0.3 is 5.97 Å². The molecule has 246 valence electrons. The Hall–Kier alpha value is -4.29. The molecule has 0 spiro atoms. The number of esters is 1. The van der Waals surface area contributed by atoms with Crippen molar-refractivity contribution in [2.45, 2.75) is 95.5 Å². The van der Waals surface area contributed by atoms with Gasteiger partial charge in [-0.25, -0.2) is 9.78 Å². The highest BCUT2D eigenvalue weighted by Gasteiger charge is 2.70. The van der Waals surface area contributed by atoms with E-state index < -0.39 is 23.5 Å². The molecule has 3 atom stereocenters. The van der Waals surface area contributed by atoms with Gasteiger partial charge in [0.25, 0.3) is 5.56 Å². The number of hydrogen-bond acceptors (Lipinski definition) is 10. The third-order valence-electron chi connectivity index (χ3n) is 11.2. The molecule has 1 amide bonds. The number of ketones is 1. The van der Waals surface area contributed by atoms with Crippen molar-refractivity contribution in [1.29, 1.82) is 0 Å². The highest BCUT2D eigenvalue weighted by atomic mass is 16.7. The number of rotatable bonds is 8. The van der Waals surface area contributed by atoms with Crippen molar-refractivity contribution in [3.05, 3.63) is 50.8 Å². The van der Waals surface area contributed by atoms with E-state index in [0.29, 0.717) is 47.7 Å². The van der Waals surface area contributed by atoms with Crippen LogP contribution in [0.2, 0.25) is 0 Å². The van der Waals surface area contributed by atoms with Gasteiger partial charge in [-0.2, -0.15) is 0 Å². The van der Waals surface area contributed by atoms with Crippen molar-refractivity contribution in [2.24, 2.45) is 17.6 Å². The van der Waals surface area contributed by atoms with Gasteiger partial charge in [-0.05, 0) is 49.3 Å². The summed E-state index contributed by atoms with van der Waals surface area (Å²) in [5.41, 5.74) is 7.52. The minimum Gasteiger partial charge on any atom is -0.458 e. The lowest BCUT2D eigenvalue weighted by molar-refractivity contribution is -0.172. The predicted molar refractivity (Wildman–Crippen MR) is 169 cm³/mol. The summed E-state index contributed by atoms with van der Waals surface area (Å²) < 4.78 is 18.3. The number of ether oxygens (including phenoxy) is 3. The second-order valence-electron chi connectivity index (χ2n) is 14.6. The van der Waals surface area contributed by atoms with Gasteiger partial charge in [0.05, 0.1) is 35.1 Å². The summed E-state index contributed by atoms with van der Waals surface area (Å²) in [7, 11) is 0. The molecule has 3 aliphatic heterocycles. The van der Waals surface area contributed by atoms with Crippen LogP contribution in [0.4, 0.5) is 0 Å². The normalized spacial score (nSPS) is 27.3. The van der Waals surface area contributed by atoms with E-state index in [4.69, 9.17) is 24.9 Å². The summed E-state index contributed by atoms with van der Waals surface area (Å²) in [6.07, 6.45) is 2.28. The maximum atomic E-state index is 13.9. The Labute approximate surface area is 270 Å². The van der Waals surface area contributed by atoms with Gasteiger partial charge in [0.2, 0.25) is 12.7 Å². The van der Waals surface area contributed by atoms with Crippen LogP contribution in [-0.4, -0.2) is 50.7 Å². The highest BCUT2D eigenvalue weighted by molar-refractivity contribution is 5.94. The smallest absolute Gasteiger partial charge is 0.343 e. The largest absolute Gasteiger partial charge is 0.458 e. The molecule has 3 fully saturated rings. The summed E-state index contributed by atoms with van der Waals surface area (Å²) in [6, 6.07) is 4.94. The van der Waals surface area contributed by atoms with Crippen LogP contribution >= 0.6 is 0 Å². The van der Waals surface area contributed by atoms with Gasteiger partial charge in [0.1, 0.15) is 6.61 Å². The second-order valence-corrected chi connectivity index (χ2v) is 14.6. The first kappa shape index (κ1) is 30.1. The standard InChI is InChI=1S/C35H38N4O8/c1-5-35(44)21-8-23-29-19(10-39(23)31(42)20(21)11-45-32(35)43)27(18-7-25-26(47-15-46-25)9-22(18)37-29)33-12-34(13-33,14-33)38-30(41)17(4)6-24(40)28(36)16(2)3/h7-9,16-17,28,44H,5-6,10-15,36H2,1-4H3,(H,38,41)/t17-,28+,33?,34?,35+/m1/s1. The van der Waals surface area contributed by atoms with Gasteiger partial charge in [-0.15, -0.1) is 0 Å². The molecule has 12 nitrogen and oxygen atoms in total. The van der Waals surface area contributed by atoms with Crippen molar-refractivity contribution >= 4 is 28.6 Å². The fourth-order valence-corrected chi connectivity index (χ4v) is 8.55. The van der Waals surface area contributed by atoms with Crippen LogP contribution in [0.15, 0.2) is 23.0 Å². The molecule has 12 heteroatoms. The number of carbonyl (C=O) groups excluding carboxylic acids is 3. The molecule has 0 unspecified atom stereocenters. The number of Topliss-reactive ketones (excluding diaryl/α,β-unsaturated/α-hetero) is 1. The number of aromatic nitrogens is 2. The van der Waals surface area contributed by atoms with Crippen molar-refractivity contribution in [3.63, 3.8) is 0 Å². The first-order valence-corrected chi connectivity index (χ1v) is 16.3. The average Bonchev–Trinajstić information content (AvgIpc) is 3.62. The zero-order valence-electron chi connectivity index (χ0n) is 26.9. The minimum absolute atomic E-state index is 0.00597. The fourth-order valence-electron chi connectivity index (χ4n) is 8.55. The van der Waals surface area contributed by atoms with Gasteiger partial charge in [0.15, 0.2) is 22.9 Å². The Balaban J connectivity index is 1.17. The van der Waals surface area contributed by atoms with E-state index >= 15 is 0 Å². The van der Waals surface area contributed by atoms with E-state index in [1.54, 1.807) is 24.5 Å². The molecule has 2 aromatic heterocycles. The summed E-state index contributed by atoms with van der Waals surface area (Å²) >= 11 is 0. The molecule has 0 radical (unpaired) electrons. The van der Waals surface area contributed by atoms with Crippen molar-refractivity contribution in [3.8, 4) is 22.9 Å². The average molecular weight is 643 g/mol. The molecule has 5 heterocycles. The van der Waals surface area contributed by atoms with Crippen LogP contribution in [0, 0.1) is 11.8 Å². The number of nitrogens with one attached hydrogen (secondary N) is 1. The van der Waals surface area contributed by atoms with E-state index in [-0.39, 0.29) is 78.0 Å². The molecule has 4 N–H and O–H groups in total. The van der Waals surface area contributed by atoms with E-state index in [1.807, 2.05) is 26.0 Å². The van der Waals surface area contributed by atoms with Crippen molar-refractivity contribution in [1.82, 2.24) is 14.9 Å². The minimum atomic E-state index is -1.92. The predicted octanol–water partition coefficient (Wildman–Crippen LogP) is 2.68. The number of cyclic esters (lactones) is 1. The summed E-state index contributed by atoms with van der Waals surface area (Å²) in [4.78, 5) is 57.5. The maximum absolute atomic E-state index is 13.9. The maximum Gasteiger partial charge on any atom is 0.343 e. The van der Waals surface area contributed by atoms with Crippen LogP contribution in [0.3, 0.4) is 0 Å². The van der Waals surface area contributed by atoms with Crippen molar-refractivity contribution < 1.29 is 33.7 Å². The van der Waals surface area contributed by atoms with Crippen LogP contribution in [-0.2, 0) is 43.3 Å². The van der Waals surface area contributed by atoms with E-state index in [2.05, 4.69) is 5.32 Å². The van der Waals surface area contributed by atoms with Gasteiger partial charge in [0, 0.05) is 45.9 Å². The molecule has 3 aromatic rings. The molecular formula is C35H38N4O8. The molecule has 0 saturated heterocycles. The molecule has 47 heavy (non-hydrogen) atoms. The fraction of sp³-hybridized carbons (Fsp3) is 0.514. The number of benzene rings is 1. The Kier molecular flexibility index (Phi) is 6.31. The zero-order chi connectivity index (χ0) is 33.2. The monoisotopic (exact) mass is 642 g/mol. The molecular weight excluding hydrogens is 604 g/mol. The molecule has 1 aromatic carbocycles. The van der Waals surface area contributed by atoms with Crippen LogP contribution in [0.5, 0.6) is 11.5 Å². The lowest BCUT2D eigenvalue weighted by Gasteiger charge is -2.71. The molecule has 2 bridgehead atoms.